The highest BCUT2D eigenvalue weighted by molar-refractivity contribution is 8.00. The smallest absolute Gasteiger partial charge is 0.236 e. The number of hydrogen-bond acceptors (Lipinski definition) is 4. The summed E-state index contributed by atoms with van der Waals surface area (Å²) in [7, 11) is 1.97. The van der Waals surface area contributed by atoms with Crippen LogP contribution in [0.5, 0.6) is 0 Å². The first-order valence-corrected chi connectivity index (χ1v) is 10.7. The van der Waals surface area contributed by atoms with Crippen LogP contribution in [-0.2, 0) is 11.8 Å². The van der Waals surface area contributed by atoms with E-state index in [0.717, 1.165) is 42.4 Å². The van der Waals surface area contributed by atoms with Crippen LogP contribution in [-0.4, -0.2) is 51.8 Å². The number of imidazole rings is 1. The van der Waals surface area contributed by atoms with E-state index in [0.29, 0.717) is 5.02 Å². The Bertz CT molecular complexity index is 983. The number of amides is 1. The van der Waals surface area contributed by atoms with Crippen LogP contribution in [0.4, 0.5) is 5.69 Å². The molecule has 7 heteroatoms. The highest BCUT2D eigenvalue weighted by atomic mass is 35.5. The van der Waals surface area contributed by atoms with Gasteiger partial charge in [0.05, 0.1) is 16.3 Å². The summed E-state index contributed by atoms with van der Waals surface area (Å²) in [5, 5.41) is 1.32. The molecule has 4 rings (SSSR count). The molecular weight excluding hydrogens is 392 g/mol. The molecule has 0 saturated carbocycles. The summed E-state index contributed by atoms with van der Waals surface area (Å²) >= 11 is 7.58. The molecule has 3 aromatic rings. The van der Waals surface area contributed by atoms with E-state index in [1.807, 2.05) is 47.7 Å². The van der Waals surface area contributed by atoms with Crippen molar-refractivity contribution in [2.24, 2.45) is 7.05 Å². The molecule has 0 bridgehead atoms. The number of carbonyl (C=O) groups is 1. The maximum Gasteiger partial charge on any atom is 0.236 e. The van der Waals surface area contributed by atoms with Crippen molar-refractivity contribution in [3.63, 3.8) is 0 Å². The molecule has 2 heterocycles. The lowest BCUT2D eigenvalue weighted by molar-refractivity contribution is -0.130. The van der Waals surface area contributed by atoms with Gasteiger partial charge in [-0.25, -0.2) is 4.98 Å². The minimum Gasteiger partial charge on any atom is -0.368 e. The molecule has 0 aliphatic carbocycles. The molecule has 0 N–H and O–H groups in total. The molecule has 2 aromatic carbocycles. The molecule has 1 atom stereocenters. The number of aromatic nitrogens is 2. The number of halogens is 1. The van der Waals surface area contributed by atoms with Crippen LogP contribution in [0, 0.1) is 0 Å². The van der Waals surface area contributed by atoms with Crippen molar-refractivity contribution in [3.05, 3.63) is 53.6 Å². The topological polar surface area (TPSA) is 41.4 Å². The number of carbonyl (C=O) groups excluding carboxylic acids is 1. The van der Waals surface area contributed by atoms with Crippen molar-refractivity contribution in [1.82, 2.24) is 14.5 Å². The number of hydrogen-bond donors (Lipinski definition) is 0. The zero-order valence-corrected chi connectivity index (χ0v) is 17.6. The van der Waals surface area contributed by atoms with Crippen LogP contribution in [0.2, 0.25) is 5.02 Å². The third-order valence-corrected chi connectivity index (χ3v) is 6.51. The highest BCUT2D eigenvalue weighted by Crippen LogP contribution is 2.29. The maximum absolute atomic E-state index is 13.0. The summed E-state index contributed by atoms with van der Waals surface area (Å²) in [6.07, 6.45) is 0. The second-order valence-electron chi connectivity index (χ2n) is 6.99. The Morgan fingerprint density at radius 1 is 1.11 bits per heavy atom. The van der Waals surface area contributed by atoms with E-state index >= 15 is 0 Å². The zero-order valence-electron chi connectivity index (χ0n) is 16.0. The van der Waals surface area contributed by atoms with Gasteiger partial charge in [-0.2, -0.15) is 0 Å². The van der Waals surface area contributed by atoms with Crippen LogP contribution in [0.15, 0.2) is 53.7 Å². The first-order chi connectivity index (χ1) is 13.5. The fraction of sp³-hybridized carbons (Fsp3) is 0.333. The number of aryl methyl sites for hydroxylation is 1. The number of fused-ring (bicyclic) bond motifs is 1. The van der Waals surface area contributed by atoms with Crippen molar-refractivity contribution in [2.75, 3.05) is 31.1 Å². The van der Waals surface area contributed by atoms with Gasteiger partial charge in [-0.3, -0.25) is 4.79 Å². The summed E-state index contributed by atoms with van der Waals surface area (Å²) in [6.45, 7) is 5.17. The Morgan fingerprint density at radius 3 is 2.54 bits per heavy atom. The minimum absolute atomic E-state index is 0.169. The van der Waals surface area contributed by atoms with Gasteiger partial charge in [0.1, 0.15) is 0 Å². The number of anilines is 1. The average molecular weight is 415 g/mol. The first-order valence-electron chi connectivity index (χ1n) is 9.40. The van der Waals surface area contributed by atoms with Gasteiger partial charge in [0.15, 0.2) is 5.16 Å². The molecule has 28 heavy (non-hydrogen) atoms. The Kier molecular flexibility index (Phi) is 5.51. The van der Waals surface area contributed by atoms with E-state index in [1.165, 1.54) is 17.4 Å². The molecule has 0 spiro atoms. The monoisotopic (exact) mass is 414 g/mol. The number of rotatable bonds is 4. The molecule has 1 saturated heterocycles. The van der Waals surface area contributed by atoms with Gasteiger partial charge in [0.2, 0.25) is 5.91 Å². The van der Waals surface area contributed by atoms with Crippen LogP contribution in [0.25, 0.3) is 11.0 Å². The van der Waals surface area contributed by atoms with E-state index in [-0.39, 0.29) is 11.2 Å². The second-order valence-corrected chi connectivity index (χ2v) is 8.74. The molecule has 1 aliphatic heterocycles. The van der Waals surface area contributed by atoms with Crippen LogP contribution in [0.3, 0.4) is 0 Å². The van der Waals surface area contributed by atoms with Crippen molar-refractivity contribution in [3.8, 4) is 0 Å². The van der Waals surface area contributed by atoms with Gasteiger partial charge in [-0.1, -0.05) is 41.6 Å². The highest BCUT2D eigenvalue weighted by Gasteiger charge is 2.26. The lowest BCUT2D eigenvalue weighted by atomic mass is 10.2. The van der Waals surface area contributed by atoms with Crippen molar-refractivity contribution in [1.29, 1.82) is 0 Å². The van der Waals surface area contributed by atoms with Gasteiger partial charge < -0.3 is 14.4 Å². The largest absolute Gasteiger partial charge is 0.368 e. The number of para-hydroxylation sites is 1. The Labute approximate surface area is 174 Å². The van der Waals surface area contributed by atoms with Crippen LogP contribution < -0.4 is 4.90 Å². The number of thioether (sulfide) groups is 1. The van der Waals surface area contributed by atoms with Crippen molar-refractivity contribution in [2.45, 2.75) is 17.3 Å². The lowest BCUT2D eigenvalue weighted by Crippen LogP contribution is -2.50. The number of benzene rings is 2. The predicted molar refractivity (Wildman–Crippen MR) is 116 cm³/mol. The zero-order chi connectivity index (χ0) is 19.7. The van der Waals surface area contributed by atoms with E-state index in [9.17, 15) is 4.79 Å². The Hall–Kier alpha value is -2.18. The molecular formula is C21H23ClN4OS. The van der Waals surface area contributed by atoms with Gasteiger partial charge in [-0.05, 0) is 37.3 Å². The third kappa shape index (κ3) is 3.84. The molecule has 1 fully saturated rings. The molecule has 1 unspecified atom stereocenters. The van der Waals surface area contributed by atoms with Gasteiger partial charge >= 0.3 is 0 Å². The summed E-state index contributed by atoms with van der Waals surface area (Å²) in [5.41, 5.74) is 3.09. The summed E-state index contributed by atoms with van der Waals surface area (Å²) in [4.78, 5) is 21.9. The standard InChI is InChI=1S/C21H23ClN4OS/c1-15(28-21-23-18-14-16(22)8-9-19(18)24(21)2)20(27)26-12-10-25(11-13-26)17-6-4-3-5-7-17/h3-9,14-15H,10-13H2,1-2H3. The molecule has 1 aliphatic rings. The van der Waals surface area contributed by atoms with Crippen molar-refractivity contribution < 1.29 is 4.79 Å². The number of nitrogens with zero attached hydrogens (tertiary/aromatic N) is 4. The molecule has 0 radical (unpaired) electrons. The summed E-state index contributed by atoms with van der Waals surface area (Å²) in [5.74, 6) is 0.169. The van der Waals surface area contributed by atoms with Crippen LogP contribution in [0.1, 0.15) is 6.92 Å². The predicted octanol–water partition coefficient (Wildman–Crippen LogP) is 4.06. The Balaban J connectivity index is 1.40. The minimum atomic E-state index is -0.186. The third-order valence-electron chi connectivity index (χ3n) is 5.14. The fourth-order valence-corrected chi connectivity index (χ4v) is 4.69. The molecule has 1 aromatic heterocycles. The molecule has 5 nitrogen and oxygen atoms in total. The Morgan fingerprint density at radius 2 is 1.82 bits per heavy atom. The maximum atomic E-state index is 13.0. The molecule has 146 valence electrons. The molecule has 1 amide bonds. The van der Waals surface area contributed by atoms with E-state index in [1.54, 1.807) is 0 Å². The van der Waals surface area contributed by atoms with E-state index in [4.69, 9.17) is 11.6 Å². The van der Waals surface area contributed by atoms with Gasteiger partial charge in [0, 0.05) is 43.9 Å². The summed E-state index contributed by atoms with van der Waals surface area (Å²) < 4.78 is 2.02. The number of piperazine rings is 1. The van der Waals surface area contributed by atoms with E-state index < -0.39 is 0 Å². The SMILES string of the molecule is CC(Sc1nc2cc(Cl)ccc2n1C)C(=O)N1CCN(c2ccccc2)CC1. The summed E-state index contributed by atoms with van der Waals surface area (Å²) in [6, 6.07) is 16.0. The lowest BCUT2D eigenvalue weighted by Gasteiger charge is -2.37. The van der Waals surface area contributed by atoms with Crippen LogP contribution >= 0.6 is 23.4 Å². The normalized spacial score (nSPS) is 15.8. The fourth-order valence-electron chi connectivity index (χ4n) is 3.55. The van der Waals surface area contributed by atoms with Gasteiger partial charge in [0.25, 0.3) is 0 Å². The quantitative estimate of drug-likeness (QED) is 0.604. The first kappa shape index (κ1) is 19.2. The van der Waals surface area contributed by atoms with E-state index in [2.05, 4.69) is 34.1 Å². The average Bonchev–Trinajstić information content (AvgIpc) is 3.02. The van der Waals surface area contributed by atoms with Gasteiger partial charge in [-0.15, -0.1) is 0 Å². The van der Waals surface area contributed by atoms with Crippen molar-refractivity contribution >= 4 is 46.0 Å². The second kappa shape index (κ2) is 8.05.